The summed E-state index contributed by atoms with van der Waals surface area (Å²) in [6.07, 6.45) is 1.85. The Morgan fingerprint density at radius 1 is 1.38 bits per heavy atom. The summed E-state index contributed by atoms with van der Waals surface area (Å²) >= 11 is 5.39. The van der Waals surface area contributed by atoms with Crippen LogP contribution in [0.15, 0.2) is 41.6 Å². The Morgan fingerprint density at radius 3 is 2.76 bits per heavy atom. The summed E-state index contributed by atoms with van der Waals surface area (Å²) in [5, 5.41) is 6.37. The van der Waals surface area contributed by atoms with Crippen LogP contribution >= 0.6 is 12.2 Å². The highest BCUT2D eigenvalue weighted by molar-refractivity contribution is 7.80. The Labute approximate surface area is 130 Å². The van der Waals surface area contributed by atoms with Gasteiger partial charge in [0.25, 0.3) is 0 Å². The molecule has 1 aliphatic heterocycles. The van der Waals surface area contributed by atoms with Gasteiger partial charge in [-0.2, -0.15) is 0 Å². The molecule has 0 amide bonds. The molecule has 0 aliphatic carbocycles. The van der Waals surface area contributed by atoms with Crippen LogP contribution in [0.1, 0.15) is 25.3 Å². The van der Waals surface area contributed by atoms with E-state index in [1.807, 2.05) is 30.3 Å². The number of carbonyl (C=O) groups is 1. The third-order valence-electron chi connectivity index (χ3n) is 3.25. The lowest BCUT2D eigenvalue weighted by Crippen LogP contribution is -2.30. The SMILES string of the molecule is CCOC(=O)/C(C(=S)NCc1ccccc1)=C1/CCCN1. The Hall–Kier alpha value is -1.88. The molecule has 0 saturated carbocycles. The molecule has 2 N–H and O–H groups in total. The molecular weight excluding hydrogens is 284 g/mol. The largest absolute Gasteiger partial charge is 0.462 e. The second-order valence-electron chi connectivity index (χ2n) is 4.77. The minimum Gasteiger partial charge on any atom is -0.462 e. The van der Waals surface area contributed by atoms with E-state index in [4.69, 9.17) is 17.0 Å². The molecule has 0 spiro atoms. The zero-order valence-corrected chi connectivity index (χ0v) is 13.0. The maximum absolute atomic E-state index is 12.1. The molecular formula is C16H20N2O2S. The van der Waals surface area contributed by atoms with Crippen LogP contribution in [-0.4, -0.2) is 24.1 Å². The molecule has 1 fully saturated rings. The first kappa shape index (κ1) is 15.5. The van der Waals surface area contributed by atoms with Crippen molar-refractivity contribution in [2.75, 3.05) is 13.2 Å². The van der Waals surface area contributed by atoms with Gasteiger partial charge < -0.3 is 15.4 Å². The van der Waals surface area contributed by atoms with E-state index >= 15 is 0 Å². The molecule has 1 aromatic rings. The highest BCUT2D eigenvalue weighted by Crippen LogP contribution is 2.16. The molecule has 1 heterocycles. The van der Waals surface area contributed by atoms with Gasteiger partial charge in [0, 0.05) is 18.8 Å². The van der Waals surface area contributed by atoms with Crippen LogP contribution < -0.4 is 10.6 Å². The summed E-state index contributed by atoms with van der Waals surface area (Å²) in [6, 6.07) is 9.95. The van der Waals surface area contributed by atoms with Crippen LogP contribution in [0, 0.1) is 0 Å². The summed E-state index contributed by atoms with van der Waals surface area (Å²) in [6.45, 7) is 3.61. The van der Waals surface area contributed by atoms with E-state index in [1.54, 1.807) is 6.92 Å². The highest BCUT2D eigenvalue weighted by Gasteiger charge is 2.23. The van der Waals surface area contributed by atoms with Crippen molar-refractivity contribution < 1.29 is 9.53 Å². The first-order valence-corrected chi connectivity index (χ1v) is 7.59. The second kappa shape index (κ2) is 7.78. The zero-order chi connectivity index (χ0) is 15.1. The van der Waals surface area contributed by atoms with Gasteiger partial charge in [-0.15, -0.1) is 0 Å². The van der Waals surface area contributed by atoms with Gasteiger partial charge in [-0.1, -0.05) is 42.5 Å². The van der Waals surface area contributed by atoms with Crippen LogP contribution in [0.3, 0.4) is 0 Å². The van der Waals surface area contributed by atoms with Gasteiger partial charge in [-0.3, -0.25) is 0 Å². The van der Waals surface area contributed by atoms with E-state index in [0.29, 0.717) is 23.7 Å². The van der Waals surface area contributed by atoms with E-state index < -0.39 is 0 Å². The van der Waals surface area contributed by atoms with E-state index in [1.165, 1.54) is 0 Å². The zero-order valence-electron chi connectivity index (χ0n) is 12.1. The van der Waals surface area contributed by atoms with Crippen LogP contribution in [0.25, 0.3) is 0 Å². The summed E-state index contributed by atoms with van der Waals surface area (Å²) in [5.74, 6) is -0.354. The van der Waals surface area contributed by atoms with E-state index in [-0.39, 0.29) is 5.97 Å². The average molecular weight is 304 g/mol. The van der Waals surface area contributed by atoms with Gasteiger partial charge in [-0.05, 0) is 25.3 Å². The van der Waals surface area contributed by atoms with Crippen LogP contribution in [0.4, 0.5) is 0 Å². The number of benzene rings is 1. The molecule has 1 aromatic carbocycles. The average Bonchev–Trinajstić information content (AvgIpc) is 3.00. The normalized spacial score (nSPS) is 16.0. The van der Waals surface area contributed by atoms with Crippen LogP contribution in [0.5, 0.6) is 0 Å². The molecule has 0 atom stereocenters. The van der Waals surface area contributed by atoms with Gasteiger partial charge in [0.15, 0.2) is 0 Å². The highest BCUT2D eigenvalue weighted by atomic mass is 32.1. The molecule has 0 radical (unpaired) electrons. The minimum absolute atomic E-state index is 0.344. The van der Waals surface area contributed by atoms with E-state index in [2.05, 4.69) is 10.6 Å². The van der Waals surface area contributed by atoms with E-state index in [9.17, 15) is 4.79 Å². The summed E-state index contributed by atoms with van der Waals surface area (Å²) in [4.78, 5) is 12.6. The summed E-state index contributed by atoms with van der Waals surface area (Å²) in [5.41, 5.74) is 2.48. The molecule has 0 aromatic heterocycles. The van der Waals surface area contributed by atoms with Gasteiger partial charge in [0.05, 0.1) is 6.61 Å². The van der Waals surface area contributed by atoms with Crippen molar-refractivity contribution in [2.24, 2.45) is 0 Å². The lowest BCUT2D eigenvalue weighted by atomic mass is 10.1. The third kappa shape index (κ3) is 4.29. The van der Waals surface area contributed by atoms with Gasteiger partial charge in [-0.25, -0.2) is 4.79 Å². The Balaban J connectivity index is 2.08. The van der Waals surface area contributed by atoms with Crippen molar-refractivity contribution >= 4 is 23.2 Å². The number of rotatable bonds is 5. The van der Waals surface area contributed by atoms with Crippen molar-refractivity contribution in [3.05, 3.63) is 47.2 Å². The number of thiocarbonyl (C=S) groups is 1. The standard InChI is InChI=1S/C16H20N2O2S/c1-2-20-16(19)14(13-9-6-10-17-13)15(21)18-11-12-7-4-3-5-8-12/h3-5,7-8,17H,2,6,9-11H2,1H3,(H,18,21)/b14-13-. The smallest absolute Gasteiger partial charge is 0.342 e. The number of hydrogen-bond donors (Lipinski definition) is 2. The molecule has 1 aliphatic rings. The maximum Gasteiger partial charge on any atom is 0.342 e. The molecule has 2 rings (SSSR count). The number of hydrogen-bond acceptors (Lipinski definition) is 4. The molecule has 112 valence electrons. The predicted molar refractivity (Wildman–Crippen MR) is 86.8 cm³/mol. The fourth-order valence-electron chi connectivity index (χ4n) is 2.23. The van der Waals surface area contributed by atoms with Gasteiger partial charge in [0.1, 0.15) is 10.6 Å². The minimum atomic E-state index is -0.354. The Kier molecular flexibility index (Phi) is 5.75. The van der Waals surface area contributed by atoms with E-state index in [0.717, 1.165) is 30.6 Å². The van der Waals surface area contributed by atoms with Crippen LogP contribution in [-0.2, 0) is 16.1 Å². The van der Waals surface area contributed by atoms with Crippen molar-refractivity contribution in [1.29, 1.82) is 0 Å². The number of allylic oxidation sites excluding steroid dienone is 1. The molecule has 1 saturated heterocycles. The number of ether oxygens (including phenoxy) is 1. The number of nitrogens with one attached hydrogen (secondary N) is 2. The molecule has 0 bridgehead atoms. The van der Waals surface area contributed by atoms with Crippen molar-refractivity contribution in [3.8, 4) is 0 Å². The van der Waals surface area contributed by atoms with Crippen molar-refractivity contribution in [3.63, 3.8) is 0 Å². The lowest BCUT2D eigenvalue weighted by molar-refractivity contribution is -0.137. The predicted octanol–water partition coefficient (Wildman–Crippen LogP) is 2.30. The summed E-state index contributed by atoms with van der Waals surface area (Å²) in [7, 11) is 0. The lowest BCUT2D eigenvalue weighted by Gasteiger charge is -2.14. The molecule has 21 heavy (non-hydrogen) atoms. The van der Waals surface area contributed by atoms with Gasteiger partial charge >= 0.3 is 5.97 Å². The topological polar surface area (TPSA) is 50.4 Å². The number of esters is 1. The fourth-order valence-corrected chi connectivity index (χ4v) is 2.51. The van der Waals surface area contributed by atoms with Crippen molar-refractivity contribution in [1.82, 2.24) is 10.6 Å². The van der Waals surface area contributed by atoms with Gasteiger partial charge in [0.2, 0.25) is 0 Å². The monoisotopic (exact) mass is 304 g/mol. The quantitative estimate of drug-likeness (QED) is 0.497. The molecule has 4 nitrogen and oxygen atoms in total. The summed E-state index contributed by atoms with van der Waals surface area (Å²) < 4.78 is 5.13. The fraction of sp³-hybridized carbons (Fsp3) is 0.375. The second-order valence-corrected chi connectivity index (χ2v) is 5.18. The van der Waals surface area contributed by atoms with Crippen molar-refractivity contribution in [2.45, 2.75) is 26.3 Å². The maximum atomic E-state index is 12.1. The molecule has 5 heteroatoms. The van der Waals surface area contributed by atoms with Crippen LogP contribution in [0.2, 0.25) is 0 Å². The molecule has 0 unspecified atom stereocenters. The Morgan fingerprint density at radius 2 is 2.14 bits per heavy atom. The first-order chi connectivity index (χ1) is 10.2. The Bertz CT molecular complexity index is 532. The third-order valence-corrected chi connectivity index (χ3v) is 3.59. The first-order valence-electron chi connectivity index (χ1n) is 7.18. The number of carbonyl (C=O) groups excluding carboxylic acids is 1.